The lowest BCUT2D eigenvalue weighted by Gasteiger charge is -2.08. The van der Waals surface area contributed by atoms with Crippen molar-refractivity contribution in [1.82, 2.24) is 10.9 Å². The Bertz CT molecular complexity index is 136. The number of rotatable bonds is 1. The number of carbonyl (C=O) groups is 1. The van der Waals surface area contributed by atoms with Crippen LogP contribution in [0.4, 0.5) is 0 Å². The molecule has 0 amide bonds. The van der Waals surface area contributed by atoms with Crippen LogP contribution in [0.3, 0.4) is 0 Å². The smallest absolute Gasteiger partial charge is 0.229 e. The van der Waals surface area contributed by atoms with E-state index >= 15 is 0 Å². The maximum atomic E-state index is 10.0. The van der Waals surface area contributed by atoms with Crippen LogP contribution in [0.1, 0.15) is 0 Å². The van der Waals surface area contributed by atoms with Crippen LogP contribution in [0, 0.1) is 0 Å². The predicted octanol–water partition coefficient (Wildman–Crippen LogP) is -1.10. The van der Waals surface area contributed by atoms with E-state index < -0.39 is 4.99 Å². The number of aliphatic imine (C=N–C) groups is 1. The van der Waals surface area contributed by atoms with Crippen molar-refractivity contribution in [2.75, 3.05) is 0 Å². The maximum Gasteiger partial charge on any atom is 0.229 e. The zero-order chi connectivity index (χ0) is 6.04. The molecule has 1 heterocycles. The van der Waals surface area contributed by atoms with Gasteiger partial charge in [-0.2, -0.15) is 5.43 Å². The van der Waals surface area contributed by atoms with Crippen molar-refractivity contribution in [3.8, 4) is 0 Å². The van der Waals surface area contributed by atoms with Gasteiger partial charge in [-0.25, -0.2) is 4.99 Å². The van der Waals surface area contributed by atoms with E-state index in [9.17, 15) is 4.79 Å². The topological polar surface area (TPSA) is 53.5 Å². The summed E-state index contributed by atoms with van der Waals surface area (Å²) in [6.45, 7) is 0. The molecule has 5 heteroatoms. The van der Waals surface area contributed by atoms with Gasteiger partial charge in [0.15, 0.2) is 6.29 Å². The molecule has 0 aromatic carbocycles. The van der Waals surface area contributed by atoms with Gasteiger partial charge in [0.05, 0.1) is 0 Å². The molecule has 0 aromatic rings. The van der Waals surface area contributed by atoms with Gasteiger partial charge in [0.1, 0.15) is 6.34 Å². The first-order valence-corrected chi connectivity index (χ1v) is 2.47. The molecule has 0 fully saturated rings. The number of carbonyl (C=O) groups excluding carboxylic acids is 1. The van der Waals surface area contributed by atoms with Gasteiger partial charge in [0.25, 0.3) is 0 Å². The number of hydrogen-bond donors (Lipinski definition) is 3. The summed E-state index contributed by atoms with van der Waals surface area (Å²) >= 11 is 3.84. The van der Waals surface area contributed by atoms with E-state index in [0.29, 0.717) is 6.29 Å². The van der Waals surface area contributed by atoms with Crippen molar-refractivity contribution in [2.24, 2.45) is 4.99 Å². The Kier molecular flexibility index (Phi) is 1.22. The van der Waals surface area contributed by atoms with E-state index in [0.717, 1.165) is 0 Å². The molecular weight excluding hydrogens is 126 g/mol. The Labute approximate surface area is 51.7 Å². The molecule has 0 spiro atoms. The summed E-state index contributed by atoms with van der Waals surface area (Å²) in [7, 11) is 0. The predicted molar refractivity (Wildman–Crippen MR) is 32.5 cm³/mol. The van der Waals surface area contributed by atoms with E-state index in [4.69, 9.17) is 0 Å². The molecule has 0 saturated carbocycles. The fraction of sp³-hybridized carbons (Fsp3) is 0.333. The van der Waals surface area contributed by atoms with Crippen LogP contribution in [-0.4, -0.2) is 17.6 Å². The normalized spacial score (nSPS) is 34.6. The third-order valence-corrected chi connectivity index (χ3v) is 1.08. The van der Waals surface area contributed by atoms with Gasteiger partial charge < -0.3 is 5.43 Å². The minimum atomic E-state index is -1.04. The number of hydrogen-bond acceptors (Lipinski definition) is 5. The van der Waals surface area contributed by atoms with Gasteiger partial charge >= 0.3 is 0 Å². The highest BCUT2D eigenvalue weighted by Crippen LogP contribution is 2.08. The second-order valence-electron chi connectivity index (χ2n) is 1.37. The largest absolute Gasteiger partial charge is 0.309 e. The molecule has 2 N–H and O–H groups in total. The van der Waals surface area contributed by atoms with Gasteiger partial charge in [0, 0.05) is 0 Å². The highest BCUT2D eigenvalue weighted by atomic mass is 32.1. The summed E-state index contributed by atoms with van der Waals surface area (Å²) in [5.74, 6) is 0. The van der Waals surface area contributed by atoms with Gasteiger partial charge in [0.2, 0.25) is 4.99 Å². The molecule has 44 valence electrons. The molecule has 1 atom stereocenters. The molecule has 1 aliphatic heterocycles. The van der Waals surface area contributed by atoms with Crippen LogP contribution in [0.5, 0.6) is 0 Å². The van der Waals surface area contributed by atoms with E-state index in [1.165, 1.54) is 6.34 Å². The van der Waals surface area contributed by atoms with Crippen LogP contribution in [0.2, 0.25) is 0 Å². The van der Waals surface area contributed by atoms with Crippen LogP contribution in [0.25, 0.3) is 0 Å². The first-order chi connectivity index (χ1) is 3.77. The Morgan fingerprint density at radius 3 is 2.88 bits per heavy atom. The molecule has 1 aliphatic rings. The zero-order valence-corrected chi connectivity index (χ0v) is 4.85. The molecule has 8 heavy (non-hydrogen) atoms. The maximum absolute atomic E-state index is 10.0. The number of thiol groups is 1. The monoisotopic (exact) mass is 131 g/mol. The second-order valence-corrected chi connectivity index (χ2v) is 2.05. The third-order valence-electron chi connectivity index (χ3n) is 0.746. The fourth-order valence-corrected chi connectivity index (χ4v) is 0.484. The highest BCUT2D eigenvalue weighted by molar-refractivity contribution is 7.82. The molecular formula is C3H5N3OS. The number of nitrogens with zero attached hydrogens (tertiary/aromatic N) is 1. The Morgan fingerprint density at radius 1 is 1.88 bits per heavy atom. The number of hydrazine groups is 1. The minimum Gasteiger partial charge on any atom is -0.309 e. The molecule has 1 rings (SSSR count). The third kappa shape index (κ3) is 0.823. The lowest BCUT2D eigenvalue weighted by molar-refractivity contribution is -0.110. The van der Waals surface area contributed by atoms with Crippen LogP contribution in [0.15, 0.2) is 4.99 Å². The fourth-order valence-electron chi connectivity index (χ4n) is 0.361. The summed E-state index contributed by atoms with van der Waals surface area (Å²) in [6.07, 6.45) is 1.98. The first-order valence-electron chi connectivity index (χ1n) is 2.02. The van der Waals surface area contributed by atoms with Gasteiger partial charge in [-0.15, -0.1) is 12.6 Å². The van der Waals surface area contributed by atoms with Crippen LogP contribution >= 0.6 is 12.6 Å². The molecule has 0 aromatic heterocycles. The lowest BCUT2D eigenvalue weighted by Crippen LogP contribution is -2.41. The Morgan fingerprint density at radius 2 is 2.62 bits per heavy atom. The molecule has 0 saturated heterocycles. The zero-order valence-electron chi connectivity index (χ0n) is 3.96. The van der Waals surface area contributed by atoms with Gasteiger partial charge in [-0.3, -0.25) is 4.79 Å². The van der Waals surface area contributed by atoms with E-state index in [2.05, 4.69) is 28.5 Å². The highest BCUT2D eigenvalue weighted by Gasteiger charge is 2.24. The van der Waals surface area contributed by atoms with Crippen molar-refractivity contribution in [2.45, 2.75) is 4.99 Å². The Hall–Kier alpha value is -0.550. The van der Waals surface area contributed by atoms with Crippen LogP contribution < -0.4 is 10.9 Å². The summed E-state index contributed by atoms with van der Waals surface area (Å²) in [4.78, 5) is 12.6. The number of nitrogens with one attached hydrogen (secondary N) is 2. The summed E-state index contributed by atoms with van der Waals surface area (Å²) in [5, 5.41) is 0. The molecule has 0 aliphatic carbocycles. The average molecular weight is 131 g/mol. The lowest BCUT2D eigenvalue weighted by atomic mass is 10.6. The molecule has 0 bridgehead atoms. The van der Waals surface area contributed by atoms with Gasteiger partial charge in [-0.05, 0) is 0 Å². The minimum absolute atomic E-state index is 0.604. The van der Waals surface area contributed by atoms with Crippen molar-refractivity contribution in [3.63, 3.8) is 0 Å². The van der Waals surface area contributed by atoms with Crippen LogP contribution in [-0.2, 0) is 4.79 Å². The SMILES string of the molecule is O=CC1(S)N=CNN1. The quantitative estimate of drug-likeness (QED) is 0.313. The Balaban J connectivity index is 2.67. The standard InChI is InChI=1S/C3H5N3OS/c7-1-3(8)4-2-5-6-3/h1-2,6,8H,(H,4,5). The number of aldehydes is 1. The van der Waals surface area contributed by atoms with E-state index in [-0.39, 0.29) is 0 Å². The molecule has 4 nitrogen and oxygen atoms in total. The first kappa shape index (κ1) is 5.58. The summed E-state index contributed by atoms with van der Waals surface area (Å²) in [6, 6.07) is 0. The summed E-state index contributed by atoms with van der Waals surface area (Å²) < 4.78 is 0. The van der Waals surface area contributed by atoms with Crippen molar-refractivity contribution in [3.05, 3.63) is 0 Å². The molecule has 1 unspecified atom stereocenters. The van der Waals surface area contributed by atoms with Gasteiger partial charge in [-0.1, -0.05) is 0 Å². The summed E-state index contributed by atoms with van der Waals surface area (Å²) in [5.41, 5.74) is 5.02. The van der Waals surface area contributed by atoms with E-state index in [1.807, 2.05) is 0 Å². The van der Waals surface area contributed by atoms with E-state index in [1.54, 1.807) is 0 Å². The molecule has 0 radical (unpaired) electrons. The average Bonchev–Trinajstić information content (AvgIpc) is 2.17. The second kappa shape index (κ2) is 1.75. The van der Waals surface area contributed by atoms with Crippen molar-refractivity contribution >= 4 is 25.3 Å². The van der Waals surface area contributed by atoms with Crippen molar-refractivity contribution in [1.29, 1.82) is 0 Å². The van der Waals surface area contributed by atoms with Crippen molar-refractivity contribution < 1.29 is 4.79 Å².